The number of carbonyl (C=O) groups excluding carboxylic acids is 2. The maximum atomic E-state index is 12.3. The number of hydrogen-bond donors (Lipinski definition) is 2. The van der Waals surface area contributed by atoms with Crippen LogP contribution in [0.3, 0.4) is 0 Å². The molecule has 1 unspecified atom stereocenters. The fraction of sp³-hybridized carbons (Fsp3) is 0.562. The smallest absolute Gasteiger partial charge is 0.408 e. The average molecular weight is 368 g/mol. The number of ether oxygens (including phenoxy) is 1. The fourth-order valence-electron chi connectivity index (χ4n) is 1.95. The minimum absolute atomic E-state index is 0.101. The summed E-state index contributed by atoms with van der Waals surface area (Å²) in [6.45, 7) is 8.93. The number of amides is 2. The first-order valence-electron chi connectivity index (χ1n) is 8.04. The van der Waals surface area contributed by atoms with Gasteiger partial charge in [0.15, 0.2) is 0 Å². The summed E-state index contributed by atoms with van der Waals surface area (Å²) in [4.78, 5) is 34.3. The molecular formula is C16H24N4O6. The van der Waals surface area contributed by atoms with E-state index in [4.69, 9.17) is 9.15 Å². The van der Waals surface area contributed by atoms with Crippen molar-refractivity contribution in [2.24, 2.45) is 11.0 Å². The molecule has 0 aromatic carbocycles. The molecule has 0 saturated carbocycles. The van der Waals surface area contributed by atoms with Crippen LogP contribution in [0.4, 0.5) is 10.5 Å². The molecule has 1 aromatic rings. The molecule has 1 aromatic heterocycles. The van der Waals surface area contributed by atoms with Crippen LogP contribution in [-0.4, -0.2) is 34.8 Å². The molecule has 0 saturated heterocycles. The zero-order valence-corrected chi connectivity index (χ0v) is 15.4. The third kappa shape index (κ3) is 7.32. The van der Waals surface area contributed by atoms with Crippen molar-refractivity contribution in [2.75, 3.05) is 0 Å². The summed E-state index contributed by atoms with van der Waals surface area (Å²) in [6, 6.07) is 0.308. The lowest BCUT2D eigenvalue weighted by molar-refractivity contribution is -0.385. The van der Waals surface area contributed by atoms with Crippen LogP contribution in [0.15, 0.2) is 21.8 Å². The number of nitrogens with one attached hydrogen (secondary N) is 2. The minimum atomic E-state index is -0.867. The third-order valence-electron chi connectivity index (χ3n) is 2.94. The Labute approximate surface area is 151 Å². The third-order valence-corrected chi connectivity index (χ3v) is 2.94. The van der Waals surface area contributed by atoms with Gasteiger partial charge in [-0.15, -0.1) is 0 Å². The van der Waals surface area contributed by atoms with E-state index < -0.39 is 28.6 Å². The van der Waals surface area contributed by atoms with E-state index in [-0.39, 0.29) is 17.4 Å². The lowest BCUT2D eigenvalue weighted by Gasteiger charge is -2.23. The highest BCUT2D eigenvalue weighted by Crippen LogP contribution is 2.16. The van der Waals surface area contributed by atoms with Crippen molar-refractivity contribution < 1.29 is 23.7 Å². The summed E-state index contributed by atoms with van der Waals surface area (Å²) in [5.74, 6) is -0.554. The topological polar surface area (TPSA) is 136 Å². The Morgan fingerprint density at radius 1 is 1.42 bits per heavy atom. The van der Waals surface area contributed by atoms with E-state index in [2.05, 4.69) is 15.8 Å². The molecule has 26 heavy (non-hydrogen) atoms. The highest BCUT2D eigenvalue weighted by atomic mass is 16.6. The van der Waals surface area contributed by atoms with Gasteiger partial charge in [-0.05, 0) is 33.1 Å². The lowest BCUT2D eigenvalue weighted by Crippen LogP contribution is -2.47. The molecule has 0 radical (unpaired) electrons. The van der Waals surface area contributed by atoms with E-state index in [1.807, 2.05) is 13.8 Å². The molecule has 1 atom stereocenters. The number of hydrazone groups is 1. The van der Waals surface area contributed by atoms with Gasteiger partial charge in [-0.2, -0.15) is 5.10 Å². The van der Waals surface area contributed by atoms with E-state index in [9.17, 15) is 19.7 Å². The molecule has 10 heteroatoms. The van der Waals surface area contributed by atoms with Gasteiger partial charge in [0, 0.05) is 0 Å². The van der Waals surface area contributed by atoms with Gasteiger partial charge in [-0.25, -0.2) is 10.2 Å². The van der Waals surface area contributed by atoms with Crippen molar-refractivity contribution in [1.29, 1.82) is 0 Å². The number of carbonyl (C=O) groups is 2. The Bertz CT molecular complexity index is 675. The molecule has 2 N–H and O–H groups in total. The second-order valence-electron chi connectivity index (χ2n) is 6.99. The molecule has 2 amide bonds. The summed E-state index contributed by atoms with van der Waals surface area (Å²) < 4.78 is 10.1. The van der Waals surface area contributed by atoms with Crippen LogP contribution >= 0.6 is 0 Å². The first kappa shape index (κ1) is 21.1. The Kier molecular flexibility index (Phi) is 7.29. The maximum absolute atomic E-state index is 12.3. The number of furan rings is 1. The van der Waals surface area contributed by atoms with Crippen LogP contribution in [0, 0.1) is 16.0 Å². The minimum Gasteiger partial charge on any atom is -0.456 e. The Hall–Kier alpha value is -2.91. The van der Waals surface area contributed by atoms with Crippen molar-refractivity contribution in [3.8, 4) is 0 Å². The molecule has 144 valence electrons. The molecule has 10 nitrogen and oxygen atoms in total. The van der Waals surface area contributed by atoms with Crippen LogP contribution in [0.1, 0.15) is 46.8 Å². The number of nitro groups is 1. The summed E-state index contributed by atoms with van der Waals surface area (Å²) >= 11 is 0. The molecular weight excluding hydrogens is 344 g/mol. The van der Waals surface area contributed by atoms with Gasteiger partial charge in [0.2, 0.25) is 5.76 Å². The zero-order chi connectivity index (χ0) is 19.9. The second-order valence-corrected chi connectivity index (χ2v) is 6.99. The molecule has 0 aliphatic heterocycles. The number of rotatable bonds is 7. The second kappa shape index (κ2) is 8.97. The SMILES string of the molecule is CC(C)CC(NC(=O)OC(C)(C)C)C(=O)N/N=C/c1occc1[N+](=O)[O-]. The van der Waals surface area contributed by atoms with Crippen LogP contribution in [-0.2, 0) is 9.53 Å². The van der Waals surface area contributed by atoms with Gasteiger partial charge in [0.1, 0.15) is 11.6 Å². The molecule has 0 spiro atoms. The number of nitrogens with zero attached hydrogens (tertiary/aromatic N) is 2. The molecule has 0 bridgehead atoms. The average Bonchev–Trinajstić information content (AvgIpc) is 2.92. The van der Waals surface area contributed by atoms with Crippen molar-refractivity contribution in [1.82, 2.24) is 10.7 Å². The first-order chi connectivity index (χ1) is 12.0. The van der Waals surface area contributed by atoms with E-state index >= 15 is 0 Å². The van der Waals surface area contributed by atoms with Crippen molar-refractivity contribution in [3.63, 3.8) is 0 Å². The Morgan fingerprint density at radius 2 is 2.08 bits per heavy atom. The van der Waals surface area contributed by atoms with Crippen LogP contribution in [0.25, 0.3) is 0 Å². The first-order valence-corrected chi connectivity index (χ1v) is 8.04. The fourth-order valence-corrected chi connectivity index (χ4v) is 1.95. The van der Waals surface area contributed by atoms with E-state index in [1.165, 1.54) is 6.07 Å². The predicted molar refractivity (Wildman–Crippen MR) is 93.7 cm³/mol. The summed E-state index contributed by atoms with van der Waals surface area (Å²) in [5.41, 5.74) is 1.27. The normalized spacial score (nSPS) is 12.8. The van der Waals surface area contributed by atoms with Gasteiger partial charge in [-0.1, -0.05) is 13.8 Å². The van der Waals surface area contributed by atoms with E-state index in [0.717, 1.165) is 12.5 Å². The van der Waals surface area contributed by atoms with Crippen LogP contribution in [0.5, 0.6) is 0 Å². The molecule has 0 aliphatic rings. The zero-order valence-electron chi connectivity index (χ0n) is 15.4. The quantitative estimate of drug-likeness (QED) is 0.431. The predicted octanol–water partition coefficient (Wildman–Crippen LogP) is 2.58. The number of hydrogen-bond acceptors (Lipinski definition) is 7. The summed E-state index contributed by atoms with van der Waals surface area (Å²) in [5, 5.41) is 16.9. The van der Waals surface area contributed by atoms with Crippen molar-refractivity contribution in [3.05, 3.63) is 28.2 Å². The van der Waals surface area contributed by atoms with Crippen LogP contribution in [0.2, 0.25) is 0 Å². The highest BCUT2D eigenvalue weighted by molar-refractivity contribution is 5.87. The largest absolute Gasteiger partial charge is 0.456 e. The van der Waals surface area contributed by atoms with Crippen LogP contribution < -0.4 is 10.7 Å². The van der Waals surface area contributed by atoms with Crippen molar-refractivity contribution >= 4 is 23.9 Å². The van der Waals surface area contributed by atoms with Gasteiger partial charge in [0.25, 0.3) is 5.91 Å². The Morgan fingerprint density at radius 3 is 2.62 bits per heavy atom. The van der Waals surface area contributed by atoms with Gasteiger partial charge < -0.3 is 14.5 Å². The molecule has 1 rings (SSSR count). The summed E-state index contributed by atoms with van der Waals surface area (Å²) in [7, 11) is 0. The maximum Gasteiger partial charge on any atom is 0.408 e. The van der Waals surface area contributed by atoms with E-state index in [0.29, 0.717) is 6.42 Å². The standard InChI is InChI=1S/C16H24N4O6/c1-10(2)8-11(18-15(22)26-16(3,4)5)14(21)19-17-9-13-12(20(23)24)6-7-25-13/h6-7,9-11H,8H2,1-5H3,(H,18,22)(H,19,21)/b17-9+. The Balaban J connectivity index is 2.73. The molecule has 1 heterocycles. The van der Waals surface area contributed by atoms with Crippen molar-refractivity contribution in [2.45, 2.75) is 52.7 Å². The monoisotopic (exact) mass is 368 g/mol. The van der Waals surface area contributed by atoms with Gasteiger partial charge in [-0.3, -0.25) is 14.9 Å². The lowest BCUT2D eigenvalue weighted by atomic mass is 10.0. The molecule has 0 aliphatic carbocycles. The molecule has 0 fully saturated rings. The summed E-state index contributed by atoms with van der Waals surface area (Å²) in [6.07, 6.45) is 1.81. The van der Waals surface area contributed by atoms with Gasteiger partial charge >= 0.3 is 11.8 Å². The number of alkyl carbamates (subject to hydrolysis) is 1. The highest BCUT2D eigenvalue weighted by Gasteiger charge is 2.25. The van der Waals surface area contributed by atoms with E-state index in [1.54, 1.807) is 20.8 Å². The van der Waals surface area contributed by atoms with Gasteiger partial charge in [0.05, 0.1) is 23.5 Å².